The van der Waals surface area contributed by atoms with Gasteiger partial charge in [-0.05, 0) is 56.5 Å². The number of rotatable bonds is 16. The van der Waals surface area contributed by atoms with E-state index in [1.54, 1.807) is 6.07 Å². The van der Waals surface area contributed by atoms with Gasteiger partial charge in [-0.25, -0.2) is 9.59 Å². The Morgan fingerprint density at radius 2 is 1.38 bits per heavy atom. The minimum atomic E-state index is -1.09. The Kier molecular flexibility index (Phi) is 16.4. The summed E-state index contributed by atoms with van der Waals surface area (Å²) in [6.07, 6.45) is 16.2. The molecule has 2 N–H and O–H groups in total. The van der Waals surface area contributed by atoms with E-state index in [1.165, 1.54) is 76.9 Å². The second-order valence-corrected chi connectivity index (χ2v) is 8.71. The van der Waals surface area contributed by atoms with Crippen LogP contribution in [0.2, 0.25) is 0 Å². The third-order valence-corrected chi connectivity index (χ3v) is 5.79. The largest absolute Gasteiger partial charge is 0.478 e. The van der Waals surface area contributed by atoms with Crippen molar-refractivity contribution in [2.75, 3.05) is 19.7 Å². The van der Waals surface area contributed by atoms with Gasteiger partial charge >= 0.3 is 11.9 Å². The molecular weight excluding hydrogens is 402 g/mol. The van der Waals surface area contributed by atoms with Crippen molar-refractivity contribution in [1.82, 2.24) is 5.32 Å². The van der Waals surface area contributed by atoms with Gasteiger partial charge in [-0.15, -0.1) is 0 Å². The predicted molar refractivity (Wildman–Crippen MR) is 132 cm³/mol. The number of carbonyl (C=O) groups is 2. The van der Waals surface area contributed by atoms with E-state index in [0.29, 0.717) is 6.61 Å². The molecule has 1 saturated heterocycles. The van der Waals surface area contributed by atoms with Gasteiger partial charge in [0.15, 0.2) is 0 Å². The van der Waals surface area contributed by atoms with Gasteiger partial charge in [-0.3, -0.25) is 0 Å². The average Bonchev–Trinajstić information content (AvgIpc) is 2.74. The van der Waals surface area contributed by atoms with Gasteiger partial charge in [0.2, 0.25) is 0 Å². The first-order valence-corrected chi connectivity index (χ1v) is 12.8. The topological polar surface area (TPSA) is 75.6 Å². The maximum absolute atomic E-state index is 12.4. The summed E-state index contributed by atoms with van der Waals surface area (Å²) >= 11 is 0. The molecule has 5 nitrogen and oxygen atoms in total. The van der Waals surface area contributed by atoms with Crippen molar-refractivity contribution >= 4 is 11.9 Å². The van der Waals surface area contributed by atoms with Crippen molar-refractivity contribution in [3.8, 4) is 0 Å². The number of hydrogen-bond donors (Lipinski definition) is 2. The quantitative estimate of drug-likeness (QED) is 0.216. The Morgan fingerprint density at radius 3 is 1.91 bits per heavy atom. The van der Waals surface area contributed by atoms with Crippen LogP contribution in [0.15, 0.2) is 18.2 Å². The molecule has 182 valence electrons. The van der Waals surface area contributed by atoms with Crippen LogP contribution in [0, 0.1) is 0 Å². The molecule has 0 saturated carbocycles. The summed E-state index contributed by atoms with van der Waals surface area (Å²) in [5.74, 6) is -1.60. The molecule has 0 bridgehead atoms. The van der Waals surface area contributed by atoms with Gasteiger partial charge in [-0.1, -0.05) is 84.1 Å². The molecule has 32 heavy (non-hydrogen) atoms. The number of aryl methyl sites for hydroxylation is 1. The molecule has 1 fully saturated rings. The number of carboxylic acid groups (broad SMARTS) is 1. The van der Waals surface area contributed by atoms with Crippen molar-refractivity contribution in [3.05, 3.63) is 34.9 Å². The van der Waals surface area contributed by atoms with Gasteiger partial charge in [0.1, 0.15) is 0 Å². The van der Waals surface area contributed by atoms with E-state index in [9.17, 15) is 14.7 Å². The molecule has 5 heteroatoms. The van der Waals surface area contributed by atoms with Crippen LogP contribution in [0.5, 0.6) is 0 Å². The molecule has 2 rings (SSSR count). The summed E-state index contributed by atoms with van der Waals surface area (Å²) in [6, 6.07) is 5.06. The zero-order valence-electron chi connectivity index (χ0n) is 20.4. The lowest BCUT2D eigenvalue weighted by Crippen LogP contribution is -2.29. The van der Waals surface area contributed by atoms with E-state index in [1.807, 2.05) is 6.07 Å². The molecule has 1 aliphatic heterocycles. The molecule has 1 aromatic rings. The second-order valence-electron chi connectivity index (χ2n) is 8.71. The van der Waals surface area contributed by atoms with Crippen LogP contribution in [-0.4, -0.2) is 36.7 Å². The number of ether oxygens (including phenoxy) is 1. The highest BCUT2D eigenvalue weighted by atomic mass is 16.5. The summed E-state index contributed by atoms with van der Waals surface area (Å²) in [6.45, 7) is 7.24. The highest BCUT2D eigenvalue weighted by Gasteiger charge is 2.18. The second kappa shape index (κ2) is 18.7. The van der Waals surface area contributed by atoms with Crippen molar-refractivity contribution < 1.29 is 19.4 Å². The zero-order valence-corrected chi connectivity index (χ0v) is 20.4. The lowest BCUT2D eigenvalue weighted by Gasteiger charge is -2.10. The number of hydrogen-bond acceptors (Lipinski definition) is 4. The molecule has 0 radical (unpaired) electrons. The Bertz CT molecular complexity index is 637. The van der Waals surface area contributed by atoms with E-state index < -0.39 is 11.9 Å². The summed E-state index contributed by atoms with van der Waals surface area (Å²) < 4.78 is 5.35. The predicted octanol–water partition coefficient (Wildman–Crippen LogP) is 6.78. The number of aromatic carboxylic acids is 1. The van der Waals surface area contributed by atoms with E-state index >= 15 is 0 Å². The molecule has 0 spiro atoms. The molecule has 0 amide bonds. The Morgan fingerprint density at radius 1 is 0.844 bits per heavy atom. The standard InChI is InChI=1S/C24H38O4.C3H7N/c1-3-5-7-9-11-13-15-20-16-17-21(23(25)26)22(19-20)24(27)28-18-14-12-10-8-6-4-2;1-2-4-3-1/h16-17,19H,3-15,18H2,1-2H3,(H,25,26);4H,1-3H2. The zero-order chi connectivity index (χ0) is 23.4. The first-order chi connectivity index (χ1) is 15.6. The maximum atomic E-state index is 12.4. The Labute approximate surface area is 195 Å². The molecule has 0 aromatic heterocycles. The fourth-order valence-electron chi connectivity index (χ4n) is 3.51. The number of carboxylic acids is 1. The van der Waals surface area contributed by atoms with Crippen LogP contribution >= 0.6 is 0 Å². The van der Waals surface area contributed by atoms with Gasteiger partial charge in [0.25, 0.3) is 0 Å². The van der Waals surface area contributed by atoms with Gasteiger partial charge in [-0.2, -0.15) is 0 Å². The van der Waals surface area contributed by atoms with Crippen molar-refractivity contribution in [2.24, 2.45) is 0 Å². The van der Waals surface area contributed by atoms with E-state index in [-0.39, 0.29) is 11.1 Å². The average molecular weight is 448 g/mol. The minimum absolute atomic E-state index is 0.0274. The van der Waals surface area contributed by atoms with Crippen LogP contribution in [0.4, 0.5) is 0 Å². The summed E-state index contributed by atoms with van der Waals surface area (Å²) in [5, 5.41) is 12.5. The molecular formula is C27H45NO4. The van der Waals surface area contributed by atoms with Crippen molar-refractivity contribution in [3.63, 3.8) is 0 Å². The van der Waals surface area contributed by atoms with Crippen LogP contribution < -0.4 is 5.32 Å². The number of benzene rings is 1. The minimum Gasteiger partial charge on any atom is -0.478 e. The maximum Gasteiger partial charge on any atom is 0.339 e. The van der Waals surface area contributed by atoms with E-state index in [0.717, 1.165) is 37.7 Å². The van der Waals surface area contributed by atoms with E-state index in [4.69, 9.17) is 4.74 Å². The fraction of sp³-hybridized carbons (Fsp3) is 0.704. The molecule has 0 unspecified atom stereocenters. The number of nitrogens with one attached hydrogen (secondary N) is 1. The summed E-state index contributed by atoms with van der Waals surface area (Å²) in [4.78, 5) is 23.9. The monoisotopic (exact) mass is 447 g/mol. The van der Waals surface area contributed by atoms with Gasteiger partial charge in [0, 0.05) is 0 Å². The first-order valence-electron chi connectivity index (χ1n) is 12.8. The van der Waals surface area contributed by atoms with Gasteiger partial charge < -0.3 is 15.2 Å². The lowest BCUT2D eigenvalue weighted by atomic mass is 9.99. The van der Waals surface area contributed by atoms with Crippen LogP contribution in [0.1, 0.15) is 124 Å². The number of carbonyl (C=O) groups excluding carboxylic acids is 1. The SMILES string of the molecule is C1CNC1.CCCCCCCCOC(=O)c1cc(CCCCCCCC)ccc1C(=O)O. The normalized spacial score (nSPS) is 12.4. The summed E-state index contributed by atoms with van der Waals surface area (Å²) in [5.41, 5.74) is 1.22. The van der Waals surface area contributed by atoms with E-state index in [2.05, 4.69) is 19.2 Å². The molecule has 1 aliphatic rings. The highest BCUT2D eigenvalue weighted by molar-refractivity contribution is 6.02. The van der Waals surface area contributed by atoms with Crippen LogP contribution in [0.25, 0.3) is 0 Å². The third-order valence-electron chi connectivity index (χ3n) is 5.79. The van der Waals surface area contributed by atoms with Crippen molar-refractivity contribution in [2.45, 2.75) is 104 Å². The molecule has 0 atom stereocenters. The molecule has 0 aliphatic carbocycles. The molecule has 1 heterocycles. The number of esters is 1. The highest BCUT2D eigenvalue weighted by Crippen LogP contribution is 2.17. The Balaban J connectivity index is 0.00000114. The fourth-order valence-corrected chi connectivity index (χ4v) is 3.51. The first kappa shape index (κ1) is 28.2. The van der Waals surface area contributed by atoms with Crippen molar-refractivity contribution in [1.29, 1.82) is 0 Å². The van der Waals surface area contributed by atoms with Crippen LogP contribution in [0.3, 0.4) is 0 Å². The molecule has 1 aromatic carbocycles. The third kappa shape index (κ3) is 12.8. The summed E-state index contributed by atoms with van der Waals surface area (Å²) in [7, 11) is 0. The number of unbranched alkanes of at least 4 members (excludes halogenated alkanes) is 10. The van der Waals surface area contributed by atoms with Crippen LogP contribution in [-0.2, 0) is 11.2 Å². The van der Waals surface area contributed by atoms with Gasteiger partial charge in [0.05, 0.1) is 17.7 Å². The Hall–Kier alpha value is -1.88. The lowest BCUT2D eigenvalue weighted by molar-refractivity contribution is 0.0487. The smallest absolute Gasteiger partial charge is 0.339 e.